The highest BCUT2D eigenvalue weighted by molar-refractivity contribution is 5.89. The molecule has 4 heteroatoms. The summed E-state index contributed by atoms with van der Waals surface area (Å²) in [6.07, 6.45) is 5.09. The van der Waals surface area contributed by atoms with Crippen LogP contribution in [0.4, 0.5) is 0 Å². The van der Waals surface area contributed by atoms with Crippen LogP contribution in [-0.4, -0.2) is 46.8 Å². The van der Waals surface area contributed by atoms with Crippen LogP contribution < -0.4 is 0 Å². The van der Waals surface area contributed by atoms with Gasteiger partial charge in [-0.1, -0.05) is 26.7 Å². The van der Waals surface area contributed by atoms with Crippen molar-refractivity contribution in [3.8, 4) is 0 Å². The van der Waals surface area contributed by atoms with E-state index in [0.29, 0.717) is 24.9 Å². The summed E-state index contributed by atoms with van der Waals surface area (Å²) in [7, 11) is 0. The van der Waals surface area contributed by atoms with Crippen LogP contribution in [0.5, 0.6) is 0 Å². The van der Waals surface area contributed by atoms with E-state index in [9.17, 15) is 9.59 Å². The number of carbonyl (C=O) groups is 2. The minimum atomic E-state index is -0.126. The molecule has 21 heavy (non-hydrogen) atoms. The molecule has 4 nitrogen and oxygen atoms in total. The normalized spacial score (nSPS) is 23.6. The highest BCUT2D eigenvalue weighted by Gasteiger charge is 2.40. The topological polar surface area (TPSA) is 40.6 Å². The van der Waals surface area contributed by atoms with E-state index >= 15 is 0 Å². The van der Waals surface area contributed by atoms with Crippen molar-refractivity contribution in [1.29, 1.82) is 0 Å². The second kappa shape index (κ2) is 6.80. The van der Waals surface area contributed by atoms with Gasteiger partial charge in [-0.3, -0.25) is 9.59 Å². The van der Waals surface area contributed by atoms with Gasteiger partial charge in [-0.05, 0) is 32.6 Å². The molecule has 0 aromatic carbocycles. The number of hydrogen-bond donors (Lipinski definition) is 0. The van der Waals surface area contributed by atoms with Gasteiger partial charge < -0.3 is 9.80 Å². The van der Waals surface area contributed by atoms with Crippen molar-refractivity contribution in [3.05, 3.63) is 0 Å². The first-order valence-electron chi connectivity index (χ1n) is 8.50. The van der Waals surface area contributed by atoms with Crippen molar-refractivity contribution in [2.75, 3.05) is 13.1 Å². The number of likely N-dealkylation sites (tertiary alicyclic amines) is 1. The Morgan fingerprint density at radius 1 is 1.24 bits per heavy atom. The zero-order chi connectivity index (χ0) is 15.6. The van der Waals surface area contributed by atoms with E-state index in [2.05, 4.69) is 27.7 Å². The van der Waals surface area contributed by atoms with Gasteiger partial charge in [-0.15, -0.1) is 0 Å². The number of nitrogens with zero attached hydrogens (tertiary/aromatic N) is 2. The zero-order valence-corrected chi connectivity index (χ0v) is 14.0. The molecule has 0 aromatic rings. The first-order chi connectivity index (χ1) is 9.90. The minimum Gasteiger partial charge on any atom is -0.340 e. The highest BCUT2D eigenvalue weighted by Crippen LogP contribution is 2.30. The Bertz CT molecular complexity index is 386. The Labute approximate surface area is 128 Å². The van der Waals surface area contributed by atoms with E-state index in [1.54, 1.807) is 0 Å². The Morgan fingerprint density at radius 2 is 1.86 bits per heavy atom. The largest absolute Gasteiger partial charge is 0.340 e. The second-order valence-electron chi connectivity index (χ2n) is 7.36. The molecule has 0 aromatic heterocycles. The lowest BCUT2D eigenvalue weighted by Crippen LogP contribution is -2.44. The van der Waals surface area contributed by atoms with Crippen LogP contribution in [0.25, 0.3) is 0 Å². The lowest BCUT2D eigenvalue weighted by molar-refractivity contribution is -0.138. The van der Waals surface area contributed by atoms with Gasteiger partial charge in [0.1, 0.15) is 0 Å². The predicted molar refractivity (Wildman–Crippen MR) is 83.8 cm³/mol. The van der Waals surface area contributed by atoms with Gasteiger partial charge in [0.2, 0.25) is 11.8 Å². The van der Waals surface area contributed by atoms with Gasteiger partial charge in [-0.25, -0.2) is 0 Å². The molecule has 1 atom stereocenters. The van der Waals surface area contributed by atoms with E-state index in [4.69, 9.17) is 0 Å². The van der Waals surface area contributed by atoms with Crippen molar-refractivity contribution in [2.45, 2.75) is 71.9 Å². The Morgan fingerprint density at radius 3 is 2.38 bits per heavy atom. The van der Waals surface area contributed by atoms with Crippen LogP contribution in [0.15, 0.2) is 0 Å². The second-order valence-corrected chi connectivity index (χ2v) is 7.36. The van der Waals surface area contributed by atoms with Gasteiger partial charge in [0.15, 0.2) is 0 Å². The summed E-state index contributed by atoms with van der Waals surface area (Å²) in [6.45, 7) is 9.81. The van der Waals surface area contributed by atoms with Crippen LogP contribution in [0.1, 0.15) is 59.8 Å². The van der Waals surface area contributed by atoms with E-state index < -0.39 is 0 Å². The maximum absolute atomic E-state index is 12.8. The van der Waals surface area contributed by atoms with Crippen LogP contribution in [0.3, 0.4) is 0 Å². The summed E-state index contributed by atoms with van der Waals surface area (Å²) in [5.41, 5.74) is 0. The van der Waals surface area contributed by atoms with Gasteiger partial charge >= 0.3 is 0 Å². The third-order valence-electron chi connectivity index (χ3n) is 4.74. The van der Waals surface area contributed by atoms with Gasteiger partial charge in [0.25, 0.3) is 0 Å². The standard InChI is InChI=1S/C17H30N2O2/c1-12(2)10-18(13(3)4)17(21)14-9-16(20)19(11-14)15-7-5-6-8-15/h12-15H,5-11H2,1-4H3. The quantitative estimate of drug-likeness (QED) is 0.782. The molecule has 2 fully saturated rings. The summed E-state index contributed by atoms with van der Waals surface area (Å²) in [5.74, 6) is 0.694. The Balaban J connectivity index is 2.00. The molecule has 1 heterocycles. The maximum atomic E-state index is 12.8. The summed E-state index contributed by atoms with van der Waals surface area (Å²) in [5, 5.41) is 0. The van der Waals surface area contributed by atoms with E-state index in [1.807, 2.05) is 9.80 Å². The van der Waals surface area contributed by atoms with E-state index in [-0.39, 0.29) is 23.8 Å². The molecular formula is C17H30N2O2. The summed E-state index contributed by atoms with van der Waals surface area (Å²) < 4.78 is 0. The molecule has 2 aliphatic rings. The molecule has 1 unspecified atom stereocenters. The summed E-state index contributed by atoms with van der Waals surface area (Å²) in [4.78, 5) is 29.0. The van der Waals surface area contributed by atoms with E-state index in [0.717, 1.165) is 19.4 Å². The van der Waals surface area contributed by atoms with Crippen LogP contribution in [0.2, 0.25) is 0 Å². The minimum absolute atomic E-state index is 0.126. The fourth-order valence-electron chi connectivity index (χ4n) is 3.65. The molecule has 1 aliphatic carbocycles. The van der Waals surface area contributed by atoms with Crippen molar-refractivity contribution >= 4 is 11.8 Å². The Kier molecular flexibility index (Phi) is 5.28. The van der Waals surface area contributed by atoms with Crippen molar-refractivity contribution in [2.24, 2.45) is 11.8 Å². The fourth-order valence-corrected chi connectivity index (χ4v) is 3.65. The maximum Gasteiger partial charge on any atom is 0.228 e. The molecular weight excluding hydrogens is 264 g/mol. The summed E-state index contributed by atoms with van der Waals surface area (Å²) >= 11 is 0. The van der Waals surface area contributed by atoms with Crippen LogP contribution >= 0.6 is 0 Å². The van der Waals surface area contributed by atoms with Crippen molar-refractivity contribution in [1.82, 2.24) is 9.80 Å². The highest BCUT2D eigenvalue weighted by atomic mass is 16.2. The van der Waals surface area contributed by atoms with Crippen molar-refractivity contribution in [3.63, 3.8) is 0 Å². The molecule has 120 valence electrons. The molecule has 0 N–H and O–H groups in total. The molecule has 0 radical (unpaired) electrons. The monoisotopic (exact) mass is 294 g/mol. The lowest BCUT2D eigenvalue weighted by Gasteiger charge is -2.31. The SMILES string of the molecule is CC(C)CN(C(=O)C1CC(=O)N(C2CCCC2)C1)C(C)C. The molecule has 2 amide bonds. The average Bonchev–Trinajstić information content (AvgIpc) is 3.03. The number of carbonyl (C=O) groups excluding carboxylic acids is 2. The summed E-state index contributed by atoms with van der Waals surface area (Å²) in [6, 6.07) is 0.600. The Hall–Kier alpha value is -1.06. The van der Waals surface area contributed by atoms with Crippen molar-refractivity contribution < 1.29 is 9.59 Å². The van der Waals surface area contributed by atoms with Gasteiger partial charge in [0.05, 0.1) is 5.92 Å². The van der Waals surface area contributed by atoms with E-state index in [1.165, 1.54) is 12.8 Å². The predicted octanol–water partition coefficient (Wildman–Crippen LogP) is 2.67. The first-order valence-corrected chi connectivity index (χ1v) is 8.50. The van der Waals surface area contributed by atoms with Gasteiger partial charge in [-0.2, -0.15) is 0 Å². The smallest absolute Gasteiger partial charge is 0.228 e. The molecule has 2 rings (SSSR count). The molecule has 1 saturated heterocycles. The van der Waals surface area contributed by atoms with Gasteiger partial charge in [0, 0.05) is 31.6 Å². The number of hydrogen-bond acceptors (Lipinski definition) is 2. The number of rotatable bonds is 5. The lowest BCUT2D eigenvalue weighted by atomic mass is 10.0. The zero-order valence-electron chi connectivity index (χ0n) is 14.0. The first kappa shape index (κ1) is 16.3. The molecule has 0 bridgehead atoms. The third kappa shape index (κ3) is 3.78. The number of amides is 2. The van der Waals surface area contributed by atoms with Crippen LogP contribution in [0, 0.1) is 11.8 Å². The third-order valence-corrected chi connectivity index (χ3v) is 4.74. The molecule has 1 aliphatic heterocycles. The average molecular weight is 294 g/mol. The molecule has 1 saturated carbocycles. The molecule has 0 spiro atoms. The fraction of sp³-hybridized carbons (Fsp3) is 0.882. The van der Waals surface area contributed by atoms with Crippen LogP contribution in [-0.2, 0) is 9.59 Å².